The Hall–Kier alpha value is -2.29. The molecule has 3 nitrogen and oxygen atoms in total. The number of ether oxygens (including phenoxy) is 1. The molecule has 0 aromatic heterocycles. The van der Waals surface area contributed by atoms with Crippen LogP contribution in [0.5, 0.6) is 5.75 Å². The van der Waals surface area contributed by atoms with Gasteiger partial charge in [-0.3, -0.25) is 5.43 Å². The number of hydrogen-bond donors (Lipinski definition) is 1. The lowest BCUT2D eigenvalue weighted by molar-refractivity contribution is 0.412. The molecule has 2 aromatic rings. The summed E-state index contributed by atoms with van der Waals surface area (Å²) in [4.78, 5) is 0. The van der Waals surface area contributed by atoms with Crippen molar-refractivity contribution in [1.82, 2.24) is 0 Å². The van der Waals surface area contributed by atoms with E-state index in [1.54, 1.807) is 7.11 Å². The molecule has 19 heavy (non-hydrogen) atoms. The molecule has 2 aromatic carbocycles. The van der Waals surface area contributed by atoms with Gasteiger partial charge >= 0.3 is 0 Å². The Balaban J connectivity index is 2.12. The average molecular weight is 254 g/mol. The van der Waals surface area contributed by atoms with Crippen LogP contribution in [0.2, 0.25) is 0 Å². The fraction of sp³-hybridized carbons (Fsp3) is 0.188. The van der Waals surface area contributed by atoms with Crippen molar-refractivity contribution in [3.05, 3.63) is 59.7 Å². The van der Waals surface area contributed by atoms with E-state index in [-0.39, 0.29) is 0 Å². The smallest absolute Gasteiger partial charge is 0.121 e. The Kier molecular flexibility index (Phi) is 4.18. The monoisotopic (exact) mass is 254 g/mol. The maximum absolute atomic E-state index is 5.23. The standard InChI is InChI=1S/C16H18N2O/c1-12-11-15(9-10-16(12)19-3)18-17-13(2)14-7-5-4-6-8-14/h4-11,18H,1-3H3. The van der Waals surface area contributed by atoms with Crippen molar-refractivity contribution in [3.8, 4) is 5.75 Å². The number of hydrazone groups is 1. The summed E-state index contributed by atoms with van der Waals surface area (Å²) in [5, 5.41) is 4.39. The SMILES string of the molecule is COc1ccc(NN=C(C)c2ccccc2)cc1C. The quantitative estimate of drug-likeness (QED) is 0.664. The van der Waals surface area contributed by atoms with Gasteiger partial charge in [-0.2, -0.15) is 5.10 Å². The third kappa shape index (κ3) is 3.35. The van der Waals surface area contributed by atoms with E-state index in [9.17, 15) is 0 Å². The van der Waals surface area contributed by atoms with E-state index in [2.05, 4.69) is 10.5 Å². The Labute approximate surface area is 113 Å². The first-order valence-corrected chi connectivity index (χ1v) is 6.21. The van der Waals surface area contributed by atoms with Crippen LogP contribution in [0.1, 0.15) is 18.1 Å². The van der Waals surface area contributed by atoms with Gasteiger partial charge in [-0.25, -0.2) is 0 Å². The zero-order chi connectivity index (χ0) is 13.7. The van der Waals surface area contributed by atoms with Crippen molar-refractivity contribution in [2.75, 3.05) is 12.5 Å². The summed E-state index contributed by atoms with van der Waals surface area (Å²) >= 11 is 0. The Bertz CT molecular complexity index is 577. The van der Waals surface area contributed by atoms with Crippen LogP contribution in [-0.4, -0.2) is 12.8 Å². The van der Waals surface area contributed by atoms with Crippen LogP contribution in [0.3, 0.4) is 0 Å². The van der Waals surface area contributed by atoms with Crippen LogP contribution in [-0.2, 0) is 0 Å². The largest absolute Gasteiger partial charge is 0.496 e. The molecule has 0 saturated carbocycles. The van der Waals surface area contributed by atoms with E-state index >= 15 is 0 Å². The van der Waals surface area contributed by atoms with Crippen molar-refractivity contribution in [2.45, 2.75) is 13.8 Å². The van der Waals surface area contributed by atoms with Crippen molar-refractivity contribution in [2.24, 2.45) is 5.10 Å². The summed E-state index contributed by atoms with van der Waals surface area (Å²) < 4.78 is 5.23. The lowest BCUT2D eigenvalue weighted by Gasteiger charge is -2.07. The molecule has 0 aliphatic rings. The third-order valence-corrected chi connectivity index (χ3v) is 2.94. The molecule has 0 fully saturated rings. The predicted octanol–water partition coefficient (Wildman–Crippen LogP) is 3.84. The molecule has 0 radical (unpaired) electrons. The third-order valence-electron chi connectivity index (χ3n) is 2.94. The van der Waals surface area contributed by atoms with Crippen LogP contribution in [0, 0.1) is 6.92 Å². The van der Waals surface area contributed by atoms with Crippen LogP contribution in [0.15, 0.2) is 53.6 Å². The first kappa shape index (κ1) is 13.1. The molecule has 0 spiro atoms. The molecule has 2 rings (SSSR count). The Morgan fingerprint density at radius 3 is 2.47 bits per heavy atom. The van der Waals surface area contributed by atoms with Gasteiger partial charge in [-0.05, 0) is 43.2 Å². The summed E-state index contributed by atoms with van der Waals surface area (Å²) in [5.41, 5.74) is 7.17. The average Bonchev–Trinajstić information content (AvgIpc) is 2.46. The summed E-state index contributed by atoms with van der Waals surface area (Å²) in [6, 6.07) is 16.0. The second-order valence-electron chi connectivity index (χ2n) is 4.36. The van der Waals surface area contributed by atoms with Crippen LogP contribution in [0.25, 0.3) is 0 Å². The highest BCUT2D eigenvalue weighted by Gasteiger charge is 2.00. The number of benzene rings is 2. The fourth-order valence-corrected chi connectivity index (χ4v) is 1.84. The molecule has 3 heteroatoms. The van der Waals surface area contributed by atoms with E-state index in [0.29, 0.717) is 0 Å². The minimum atomic E-state index is 0.884. The summed E-state index contributed by atoms with van der Waals surface area (Å²) in [7, 11) is 1.67. The van der Waals surface area contributed by atoms with Gasteiger partial charge in [-0.1, -0.05) is 30.3 Å². The fourth-order valence-electron chi connectivity index (χ4n) is 1.84. The summed E-state index contributed by atoms with van der Waals surface area (Å²) in [6.45, 7) is 4.00. The van der Waals surface area contributed by atoms with E-state index < -0.39 is 0 Å². The van der Waals surface area contributed by atoms with Gasteiger partial charge in [0.25, 0.3) is 0 Å². The Morgan fingerprint density at radius 2 is 1.84 bits per heavy atom. The van der Waals surface area contributed by atoms with E-state index in [4.69, 9.17) is 4.74 Å². The molecule has 0 bridgehead atoms. The van der Waals surface area contributed by atoms with Gasteiger partial charge < -0.3 is 4.74 Å². The zero-order valence-corrected chi connectivity index (χ0v) is 11.5. The van der Waals surface area contributed by atoms with Gasteiger partial charge in [0.05, 0.1) is 18.5 Å². The first-order chi connectivity index (χ1) is 9.20. The molecule has 0 heterocycles. The topological polar surface area (TPSA) is 33.6 Å². The number of nitrogens with one attached hydrogen (secondary N) is 1. The molecule has 1 N–H and O–H groups in total. The maximum atomic E-state index is 5.23. The number of methoxy groups -OCH3 is 1. The van der Waals surface area contributed by atoms with Gasteiger partial charge in [0.2, 0.25) is 0 Å². The van der Waals surface area contributed by atoms with Crippen molar-refractivity contribution >= 4 is 11.4 Å². The second-order valence-corrected chi connectivity index (χ2v) is 4.36. The first-order valence-electron chi connectivity index (χ1n) is 6.21. The van der Waals surface area contributed by atoms with Crippen LogP contribution in [0.4, 0.5) is 5.69 Å². The summed E-state index contributed by atoms with van der Waals surface area (Å²) in [6.07, 6.45) is 0. The minimum Gasteiger partial charge on any atom is -0.496 e. The molecule has 98 valence electrons. The lowest BCUT2D eigenvalue weighted by Crippen LogP contribution is -1.99. The molecular weight excluding hydrogens is 236 g/mol. The normalized spacial score (nSPS) is 11.2. The highest BCUT2D eigenvalue weighted by molar-refractivity contribution is 5.99. The van der Waals surface area contributed by atoms with Crippen LogP contribution >= 0.6 is 0 Å². The number of nitrogens with zero attached hydrogens (tertiary/aromatic N) is 1. The van der Waals surface area contributed by atoms with E-state index in [0.717, 1.165) is 28.3 Å². The number of rotatable bonds is 4. The number of hydrogen-bond acceptors (Lipinski definition) is 3. The van der Waals surface area contributed by atoms with Crippen molar-refractivity contribution in [1.29, 1.82) is 0 Å². The molecule has 0 atom stereocenters. The Morgan fingerprint density at radius 1 is 1.11 bits per heavy atom. The van der Waals surface area contributed by atoms with Gasteiger partial charge in [0, 0.05) is 0 Å². The van der Waals surface area contributed by atoms with Gasteiger partial charge in [0.15, 0.2) is 0 Å². The summed E-state index contributed by atoms with van der Waals surface area (Å²) in [5.74, 6) is 0.884. The van der Waals surface area contributed by atoms with Gasteiger partial charge in [0.1, 0.15) is 5.75 Å². The second kappa shape index (κ2) is 6.05. The van der Waals surface area contributed by atoms with Crippen LogP contribution < -0.4 is 10.2 Å². The number of anilines is 1. The maximum Gasteiger partial charge on any atom is 0.121 e. The van der Waals surface area contributed by atoms with Crippen molar-refractivity contribution in [3.63, 3.8) is 0 Å². The zero-order valence-electron chi connectivity index (χ0n) is 11.5. The molecular formula is C16H18N2O. The molecule has 0 amide bonds. The van der Waals surface area contributed by atoms with Crippen molar-refractivity contribution < 1.29 is 4.74 Å². The molecule has 0 aliphatic carbocycles. The van der Waals surface area contributed by atoms with Gasteiger partial charge in [-0.15, -0.1) is 0 Å². The number of aryl methyl sites for hydroxylation is 1. The highest BCUT2D eigenvalue weighted by atomic mass is 16.5. The predicted molar refractivity (Wildman–Crippen MR) is 80.0 cm³/mol. The molecule has 0 saturated heterocycles. The van der Waals surface area contributed by atoms with E-state index in [1.165, 1.54) is 0 Å². The molecule has 0 unspecified atom stereocenters. The van der Waals surface area contributed by atoms with E-state index in [1.807, 2.05) is 62.4 Å². The molecule has 0 aliphatic heterocycles. The lowest BCUT2D eigenvalue weighted by atomic mass is 10.1. The highest BCUT2D eigenvalue weighted by Crippen LogP contribution is 2.21. The minimum absolute atomic E-state index is 0.884.